The molecule has 1 aliphatic heterocycles. The molecule has 0 unspecified atom stereocenters. The zero-order chi connectivity index (χ0) is 16.8. The molecule has 24 heavy (non-hydrogen) atoms. The van der Waals surface area contributed by atoms with Crippen LogP contribution in [0.1, 0.15) is 28.8 Å². The Morgan fingerprint density at radius 1 is 1.29 bits per heavy atom. The quantitative estimate of drug-likeness (QED) is 0.916. The van der Waals surface area contributed by atoms with Crippen LogP contribution in [0.15, 0.2) is 48.5 Å². The Hall–Kier alpha value is -2.84. The molecular weight excluding hydrogens is 304 g/mol. The van der Waals surface area contributed by atoms with E-state index < -0.39 is 0 Å². The average molecular weight is 322 g/mol. The summed E-state index contributed by atoms with van der Waals surface area (Å²) in [5.41, 5.74) is 1.53. The van der Waals surface area contributed by atoms with Crippen LogP contribution in [-0.2, 0) is 4.74 Å². The van der Waals surface area contributed by atoms with Crippen LogP contribution in [0.25, 0.3) is 0 Å². The summed E-state index contributed by atoms with van der Waals surface area (Å²) in [7, 11) is 0. The molecule has 1 N–H and O–H groups in total. The van der Waals surface area contributed by atoms with Gasteiger partial charge in [-0.05, 0) is 43.2 Å². The lowest BCUT2D eigenvalue weighted by atomic mass is 10.1. The number of amides is 1. The normalized spacial score (nSPS) is 16.4. The van der Waals surface area contributed by atoms with Crippen LogP contribution in [0.3, 0.4) is 0 Å². The predicted molar refractivity (Wildman–Crippen MR) is 90.0 cm³/mol. The Morgan fingerprint density at radius 2 is 2.17 bits per heavy atom. The zero-order valence-corrected chi connectivity index (χ0v) is 13.2. The summed E-state index contributed by atoms with van der Waals surface area (Å²) < 4.78 is 11.3. The van der Waals surface area contributed by atoms with E-state index in [2.05, 4.69) is 11.4 Å². The third-order valence-corrected chi connectivity index (χ3v) is 3.83. The third kappa shape index (κ3) is 3.92. The van der Waals surface area contributed by atoms with Crippen LogP contribution < -0.4 is 10.1 Å². The van der Waals surface area contributed by atoms with Gasteiger partial charge in [0.2, 0.25) is 0 Å². The Labute approximate surface area is 140 Å². The molecule has 0 spiro atoms. The number of hydrogen-bond acceptors (Lipinski definition) is 4. The van der Waals surface area contributed by atoms with Gasteiger partial charge in [-0.15, -0.1) is 0 Å². The Bertz CT molecular complexity index is 761. The molecule has 0 aliphatic carbocycles. The van der Waals surface area contributed by atoms with Gasteiger partial charge in [-0.3, -0.25) is 4.79 Å². The van der Waals surface area contributed by atoms with E-state index in [0.29, 0.717) is 29.2 Å². The lowest BCUT2D eigenvalue weighted by Crippen LogP contribution is -2.19. The average Bonchev–Trinajstić information content (AvgIpc) is 3.14. The van der Waals surface area contributed by atoms with Gasteiger partial charge in [0.15, 0.2) is 0 Å². The molecule has 5 heteroatoms. The van der Waals surface area contributed by atoms with E-state index in [4.69, 9.17) is 14.7 Å². The number of nitrogens with zero attached hydrogens (tertiary/aromatic N) is 1. The van der Waals surface area contributed by atoms with Crippen molar-refractivity contribution in [3.8, 4) is 11.8 Å². The molecule has 0 saturated carbocycles. The van der Waals surface area contributed by atoms with Gasteiger partial charge in [0, 0.05) is 12.3 Å². The van der Waals surface area contributed by atoms with Crippen molar-refractivity contribution in [2.75, 3.05) is 18.5 Å². The summed E-state index contributed by atoms with van der Waals surface area (Å²) in [6.45, 7) is 1.21. The molecule has 1 amide bonds. The maximum atomic E-state index is 12.5. The van der Waals surface area contributed by atoms with Crippen LogP contribution in [-0.4, -0.2) is 25.2 Å². The van der Waals surface area contributed by atoms with Gasteiger partial charge in [0.05, 0.1) is 23.3 Å². The van der Waals surface area contributed by atoms with Gasteiger partial charge in [-0.1, -0.05) is 18.2 Å². The monoisotopic (exact) mass is 322 g/mol. The summed E-state index contributed by atoms with van der Waals surface area (Å²) in [5, 5.41) is 11.7. The first-order valence-electron chi connectivity index (χ1n) is 7.91. The molecule has 5 nitrogen and oxygen atoms in total. The number of hydrogen-bond donors (Lipinski definition) is 1. The van der Waals surface area contributed by atoms with Crippen molar-refractivity contribution >= 4 is 11.6 Å². The molecule has 1 heterocycles. The summed E-state index contributed by atoms with van der Waals surface area (Å²) in [5.74, 6) is 0.259. The SMILES string of the molecule is N#Cc1cccc(NC(=O)c2ccccc2OC[C@@H]2CCCO2)c1. The van der Waals surface area contributed by atoms with E-state index >= 15 is 0 Å². The molecule has 2 aromatic rings. The molecule has 0 radical (unpaired) electrons. The molecule has 1 atom stereocenters. The first-order valence-corrected chi connectivity index (χ1v) is 7.91. The van der Waals surface area contributed by atoms with E-state index in [-0.39, 0.29) is 12.0 Å². The summed E-state index contributed by atoms with van der Waals surface area (Å²) >= 11 is 0. The number of nitrogens with one attached hydrogen (secondary N) is 1. The van der Waals surface area contributed by atoms with Crippen LogP contribution in [0.2, 0.25) is 0 Å². The number of carbonyl (C=O) groups is 1. The smallest absolute Gasteiger partial charge is 0.259 e. The van der Waals surface area contributed by atoms with Crippen molar-refractivity contribution in [3.05, 3.63) is 59.7 Å². The fourth-order valence-corrected chi connectivity index (χ4v) is 2.60. The van der Waals surface area contributed by atoms with Crippen LogP contribution in [0.4, 0.5) is 5.69 Å². The van der Waals surface area contributed by atoms with Crippen molar-refractivity contribution in [2.24, 2.45) is 0 Å². The molecule has 2 aromatic carbocycles. The molecule has 0 aromatic heterocycles. The highest BCUT2D eigenvalue weighted by Gasteiger charge is 2.18. The van der Waals surface area contributed by atoms with Gasteiger partial charge in [0.25, 0.3) is 5.91 Å². The second kappa shape index (κ2) is 7.62. The van der Waals surface area contributed by atoms with Crippen molar-refractivity contribution in [1.82, 2.24) is 0 Å². The van der Waals surface area contributed by atoms with E-state index in [0.717, 1.165) is 19.4 Å². The number of ether oxygens (including phenoxy) is 2. The fourth-order valence-electron chi connectivity index (χ4n) is 2.60. The Morgan fingerprint density at radius 3 is 2.96 bits per heavy atom. The Kier molecular flexibility index (Phi) is 5.09. The highest BCUT2D eigenvalue weighted by Crippen LogP contribution is 2.22. The molecule has 0 bridgehead atoms. The van der Waals surface area contributed by atoms with Gasteiger partial charge in [-0.2, -0.15) is 5.26 Å². The van der Waals surface area contributed by atoms with Gasteiger partial charge >= 0.3 is 0 Å². The number of benzene rings is 2. The number of nitriles is 1. The first-order chi connectivity index (χ1) is 11.8. The topological polar surface area (TPSA) is 71.4 Å². The molecular formula is C19H18N2O3. The van der Waals surface area contributed by atoms with Gasteiger partial charge in [0.1, 0.15) is 12.4 Å². The molecule has 1 fully saturated rings. The van der Waals surface area contributed by atoms with E-state index in [9.17, 15) is 4.79 Å². The van der Waals surface area contributed by atoms with Crippen LogP contribution in [0, 0.1) is 11.3 Å². The highest BCUT2D eigenvalue weighted by molar-refractivity contribution is 6.06. The van der Waals surface area contributed by atoms with Gasteiger partial charge in [-0.25, -0.2) is 0 Å². The Balaban J connectivity index is 1.70. The lowest BCUT2D eigenvalue weighted by Gasteiger charge is -2.14. The van der Waals surface area contributed by atoms with Crippen molar-refractivity contribution in [1.29, 1.82) is 5.26 Å². The minimum Gasteiger partial charge on any atom is -0.490 e. The van der Waals surface area contributed by atoms with E-state index in [1.54, 1.807) is 42.5 Å². The van der Waals surface area contributed by atoms with E-state index in [1.165, 1.54) is 0 Å². The maximum Gasteiger partial charge on any atom is 0.259 e. The lowest BCUT2D eigenvalue weighted by molar-refractivity contribution is 0.0673. The standard InChI is InChI=1S/C19H18N2O3/c20-12-14-5-3-6-15(11-14)21-19(22)17-8-1-2-9-18(17)24-13-16-7-4-10-23-16/h1-3,5-6,8-9,11,16H,4,7,10,13H2,(H,21,22)/t16-/m0/s1. The largest absolute Gasteiger partial charge is 0.490 e. The number of carbonyl (C=O) groups excluding carboxylic acids is 1. The van der Waals surface area contributed by atoms with E-state index in [1.807, 2.05) is 6.07 Å². The van der Waals surface area contributed by atoms with Crippen LogP contribution >= 0.6 is 0 Å². The first kappa shape index (κ1) is 16.0. The summed E-state index contributed by atoms with van der Waals surface area (Å²) in [4.78, 5) is 12.5. The zero-order valence-electron chi connectivity index (χ0n) is 13.2. The summed E-state index contributed by atoms with van der Waals surface area (Å²) in [6, 6.07) is 16.0. The number of anilines is 1. The third-order valence-electron chi connectivity index (χ3n) is 3.83. The molecule has 122 valence electrons. The highest BCUT2D eigenvalue weighted by atomic mass is 16.5. The van der Waals surface area contributed by atoms with Crippen molar-refractivity contribution in [3.63, 3.8) is 0 Å². The predicted octanol–water partition coefficient (Wildman–Crippen LogP) is 3.37. The molecule has 1 aliphatic rings. The minimum atomic E-state index is -0.270. The maximum absolute atomic E-state index is 12.5. The second-order valence-electron chi connectivity index (χ2n) is 5.59. The van der Waals surface area contributed by atoms with Crippen molar-refractivity contribution < 1.29 is 14.3 Å². The fraction of sp³-hybridized carbons (Fsp3) is 0.263. The van der Waals surface area contributed by atoms with Crippen LogP contribution in [0.5, 0.6) is 5.75 Å². The van der Waals surface area contributed by atoms with Crippen molar-refractivity contribution in [2.45, 2.75) is 18.9 Å². The number of rotatable bonds is 5. The molecule has 1 saturated heterocycles. The second-order valence-corrected chi connectivity index (χ2v) is 5.59. The van der Waals surface area contributed by atoms with Gasteiger partial charge < -0.3 is 14.8 Å². The summed E-state index contributed by atoms with van der Waals surface area (Å²) in [6.07, 6.45) is 2.12. The molecule has 3 rings (SSSR count). The number of para-hydroxylation sites is 1. The minimum absolute atomic E-state index is 0.0911.